The molecule has 0 bridgehead atoms. The van der Waals surface area contributed by atoms with E-state index in [1.807, 2.05) is 0 Å². The molecule has 1 aliphatic heterocycles. The summed E-state index contributed by atoms with van der Waals surface area (Å²) in [6, 6.07) is 3.28. The van der Waals surface area contributed by atoms with Gasteiger partial charge in [-0.1, -0.05) is 0 Å². The van der Waals surface area contributed by atoms with E-state index >= 15 is 0 Å². The minimum absolute atomic E-state index is 0.0231. The van der Waals surface area contributed by atoms with Gasteiger partial charge in [0.1, 0.15) is 11.5 Å². The number of aryl methyl sites for hydroxylation is 1. The molecule has 20 heavy (non-hydrogen) atoms. The number of anilines is 1. The molecular formula is C13H17N5O2. The monoisotopic (exact) mass is 275 g/mol. The Labute approximate surface area is 116 Å². The molecule has 0 radical (unpaired) electrons. The number of nitrogens with zero attached hydrogens (tertiary/aromatic N) is 3. The molecule has 0 fully saturated rings. The summed E-state index contributed by atoms with van der Waals surface area (Å²) in [5.41, 5.74) is 2.33. The van der Waals surface area contributed by atoms with Crippen LogP contribution in [-0.4, -0.2) is 53.2 Å². The third-order valence-corrected chi connectivity index (χ3v) is 2.90. The number of hydrogen-bond donors (Lipinski definition) is 4. The molecule has 1 aromatic rings. The lowest BCUT2D eigenvalue weighted by Crippen LogP contribution is -2.21. The van der Waals surface area contributed by atoms with E-state index in [9.17, 15) is 5.11 Å². The van der Waals surface area contributed by atoms with Crippen molar-refractivity contribution in [3.05, 3.63) is 17.7 Å². The molecule has 0 unspecified atom stereocenters. The average Bonchev–Trinajstić information content (AvgIpc) is 2.73. The molecular weight excluding hydrogens is 258 g/mol. The van der Waals surface area contributed by atoms with Gasteiger partial charge in [0, 0.05) is 19.7 Å². The molecule has 0 aromatic heterocycles. The largest absolute Gasteiger partial charge is 0.508 e. The highest BCUT2D eigenvalue weighted by Gasteiger charge is 2.17. The first-order valence-corrected chi connectivity index (χ1v) is 6.16. The number of hydrazone groups is 1. The van der Waals surface area contributed by atoms with Gasteiger partial charge >= 0.3 is 0 Å². The fourth-order valence-electron chi connectivity index (χ4n) is 1.74. The third kappa shape index (κ3) is 2.77. The second-order valence-electron chi connectivity index (χ2n) is 4.42. The van der Waals surface area contributed by atoms with Crippen LogP contribution in [0.15, 0.2) is 22.2 Å². The second-order valence-corrected chi connectivity index (χ2v) is 4.42. The maximum atomic E-state index is 9.75. The van der Waals surface area contributed by atoms with Crippen molar-refractivity contribution in [1.29, 1.82) is 5.41 Å². The summed E-state index contributed by atoms with van der Waals surface area (Å²) in [7, 11) is 1.67. The number of phenols is 1. The Morgan fingerprint density at radius 3 is 2.80 bits per heavy atom. The molecule has 7 nitrogen and oxygen atoms in total. The lowest BCUT2D eigenvalue weighted by Gasteiger charge is -2.11. The molecule has 1 heterocycles. The zero-order valence-electron chi connectivity index (χ0n) is 11.4. The lowest BCUT2D eigenvalue weighted by molar-refractivity contribution is 0.311. The van der Waals surface area contributed by atoms with Gasteiger partial charge in [-0.15, -0.1) is 0 Å². The first kappa shape index (κ1) is 14.0. The molecule has 2 rings (SSSR count). The minimum Gasteiger partial charge on any atom is -0.508 e. The number of aliphatic imine (C=N–C) groups is 1. The molecule has 0 aliphatic carbocycles. The molecule has 4 N–H and O–H groups in total. The average molecular weight is 275 g/mol. The maximum absolute atomic E-state index is 9.75. The summed E-state index contributed by atoms with van der Waals surface area (Å²) in [6.07, 6.45) is 1.51. The molecule has 1 aliphatic rings. The van der Waals surface area contributed by atoms with Crippen LogP contribution in [0.4, 0.5) is 11.4 Å². The van der Waals surface area contributed by atoms with Gasteiger partial charge in [-0.05, 0) is 18.6 Å². The number of nitrogens with one attached hydrogen (secondary N) is 2. The van der Waals surface area contributed by atoms with Crippen molar-refractivity contribution in [2.75, 3.05) is 25.5 Å². The predicted octanol–water partition coefficient (Wildman–Crippen LogP) is 1.09. The van der Waals surface area contributed by atoms with E-state index in [2.05, 4.69) is 15.4 Å². The Hall–Kier alpha value is -2.41. The first-order valence-electron chi connectivity index (χ1n) is 6.16. The van der Waals surface area contributed by atoms with Crippen molar-refractivity contribution in [3.63, 3.8) is 0 Å². The Morgan fingerprint density at radius 2 is 2.20 bits per heavy atom. The summed E-state index contributed by atoms with van der Waals surface area (Å²) in [4.78, 5) is 4.39. The van der Waals surface area contributed by atoms with E-state index in [0.717, 1.165) is 0 Å². The smallest absolute Gasteiger partial charge is 0.169 e. The number of phenolic OH excluding ortho intramolecular Hbond substituents is 1. The normalized spacial score (nSPS) is 16.2. The third-order valence-electron chi connectivity index (χ3n) is 2.90. The summed E-state index contributed by atoms with van der Waals surface area (Å²) in [5, 5.41) is 34.8. The van der Waals surface area contributed by atoms with Gasteiger partial charge < -0.3 is 15.5 Å². The van der Waals surface area contributed by atoms with Gasteiger partial charge in [0.05, 0.1) is 24.2 Å². The van der Waals surface area contributed by atoms with Gasteiger partial charge in [-0.2, -0.15) is 5.10 Å². The number of aromatic hydroxyl groups is 1. The molecule has 1 aromatic carbocycles. The van der Waals surface area contributed by atoms with Crippen LogP contribution < -0.4 is 5.32 Å². The standard InChI is InChI=1S/C13H17N5O2/c1-8-5-10(9(6-12(8)20)15-3-4-19)17-11-7-16-18(2)13(11)14/h5-7,14-15,19-20H,3-4H2,1-2H3. The van der Waals surface area contributed by atoms with E-state index in [4.69, 9.17) is 10.5 Å². The highest BCUT2D eigenvalue weighted by atomic mass is 16.3. The molecule has 0 saturated heterocycles. The van der Waals surface area contributed by atoms with E-state index in [1.165, 1.54) is 11.2 Å². The number of hydrogen-bond acceptors (Lipinski definition) is 6. The number of benzene rings is 1. The number of rotatable bonds is 4. The van der Waals surface area contributed by atoms with Crippen LogP contribution in [-0.2, 0) is 0 Å². The maximum Gasteiger partial charge on any atom is 0.169 e. The fraction of sp³-hybridized carbons (Fsp3) is 0.308. The van der Waals surface area contributed by atoms with Crippen molar-refractivity contribution < 1.29 is 10.2 Å². The Bertz CT molecular complexity index is 595. The van der Waals surface area contributed by atoms with Crippen LogP contribution in [0.3, 0.4) is 0 Å². The zero-order valence-corrected chi connectivity index (χ0v) is 11.4. The van der Waals surface area contributed by atoms with Crippen LogP contribution in [0.5, 0.6) is 5.75 Å². The van der Waals surface area contributed by atoms with Crippen LogP contribution in [0, 0.1) is 12.3 Å². The topological polar surface area (TPSA) is 104 Å². The number of amidine groups is 1. The Kier molecular flexibility index (Phi) is 3.99. The van der Waals surface area contributed by atoms with E-state index in [-0.39, 0.29) is 18.2 Å². The summed E-state index contributed by atoms with van der Waals surface area (Å²) in [6.45, 7) is 2.10. The van der Waals surface area contributed by atoms with Crippen molar-refractivity contribution in [2.24, 2.45) is 10.1 Å². The van der Waals surface area contributed by atoms with Crippen LogP contribution in [0.25, 0.3) is 0 Å². The van der Waals surface area contributed by atoms with Gasteiger partial charge in [0.15, 0.2) is 5.84 Å². The van der Waals surface area contributed by atoms with Gasteiger partial charge in [-0.3, -0.25) is 5.41 Å². The molecule has 0 atom stereocenters. The zero-order chi connectivity index (χ0) is 14.7. The van der Waals surface area contributed by atoms with Gasteiger partial charge in [0.25, 0.3) is 0 Å². The second kappa shape index (κ2) is 5.70. The van der Waals surface area contributed by atoms with E-state index < -0.39 is 0 Å². The highest BCUT2D eigenvalue weighted by molar-refractivity contribution is 6.63. The molecule has 0 amide bonds. The first-order chi connectivity index (χ1) is 9.52. The predicted molar refractivity (Wildman–Crippen MR) is 79.5 cm³/mol. The van der Waals surface area contributed by atoms with Crippen molar-refractivity contribution in [2.45, 2.75) is 6.92 Å². The Balaban J connectivity index is 2.39. The SMILES string of the molecule is Cc1cc(N=C2C=NN(C)C2=N)c(NCCO)cc1O. The van der Waals surface area contributed by atoms with Crippen LogP contribution in [0.1, 0.15) is 5.56 Å². The molecule has 106 valence electrons. The quantitative estimate of drug-likeness (QED) is 0.660. The summed E-state index contributed by atoms with van der Waals surface area (Å²) >= 11 is 0. The number of aliphatic hydroxyl groups is 1. The fourth-order valence-corrected chi connectivity index (χ4v) is 1.74. The van der Waals surface area contributed by atoms with E-state index in [1.54, 1.807) is 26.1 Å². The minimum atomic E-state index is -0.0231. The highest BCUT2D eigenvalue weighted by Crippen LogP contribution is 2.32. The van der Waals surface area contributed by atoms with Crippen molar-refractivity contribution in [1.82, 2.24) is 5.01 Å². The van der Waals surface area contributed by atoms with Crippen molar-refractivity contribution >= 4 is 29.1 Å². The van der Waals surface area contributed by atoms with Gasteiger partial charge in [0.2, 0.25) is 0 Å². The summed E-state index contributed by atoms with van der Waals surface area (Å²) < 4.78 is 0. The van der Waals surface area contributed by atoms with Crippen LogP contribution in [0.2, 0.25) is 0 Å². The van der Waals surface area contributed by atoms with Crippen molar-refractivity contribution in [3.8, 4) is 5.75 Å². The van der Waals surface area contributed by atoms with E-state index in [0.29, 0.717) is 29.2 Å². The lowest BCUT2D eigenvalue weighted by atomic mass is 10.1. The molecule has 0 spiro atoms. The molecule has 7 heteroatoms. The van der Waals surface area contributed by atoms with Gasteiger partial charge in [-0.25, -0.2) is 10.0 Å². The van der Waals surface area contributed by atoms with Crippen LogP contribution >= 0.6 is 0 Å². The summed E-state index contributed by atoms with van der Waals surface area (Å²) in [5.74, 6) is 0.366. The Morgan fingerprint density at radius 1 is 1.45 bits per heavy atom. The number of aliphatic hydroxyl groups excluding tert-OH is 1. The molecule has 0 saturated carbocycles.